The molecule has 4 rings (SSSR count). The average molecular weight is 421 g/mol. The molecule has 0 aliphatic carbocycles. The summed E-state index contributed by atoms with van der Waals surface area (Å²) in [7, 11) is 1.81. The van der Waals surface area contributed by atoms with Crippen LogP contribution >= 0.6 is 0 Å². The Hall–Kier alpha value is -3.39. The normalized spacial score (nSPS) is 13.8. The van der Waals surface area contributed by atoms with Crippen LogP contribution in [0.5, 0.6) is 0 Å². The van der Waals surface area contributed by atoms with Crippen LogP contribution in [-0.2, 0) is 24.4 Å². The summed E-state index contributed by atoms with van der Waals surface area (Å²) in [4.78, 5) is 20.5. The number of ether oxygens (including phenoxy) is 1. The van der Waals surface area contributed by atoms with Gasteiger partial charge >= 0.3 is 6.03 Å². The van der Waals surface area contributed by atoms with Crippen LogP contribution in [0.25, 0.3) is 0 Å². The van der Waals surface area contributed by atoms with E-state index in [0.717, 1.165) is 43.0 Å². The Morgan fingerprint density at radius 3 is 2.39 bits per heavy atom. The highest BCUT2D eigenvalue weighted by atomic mass is 16.5. The molecule has 1 aromatic heterocycles. The van der Waals surface area contributed by atoms with E-state index in [4.69, 9.17) is 4.74 Å². The summed E-state index contributed by atoms with van der Waals surface area (Å²) in [6.07, 6.45) is 3.22. The van der Waals surface area contributed by atoms with Gasteiger partial charge in [0.05, 0.1) is 19.8 Å². The Kier molecular flexibility index (Phi) is 6.78. The summed E-state index contributed by atoms with van der Waals surface area (Å²) in [5.74, 6) is 0. The van der Waals surface area contributed by atoms with Gasteiger partial charge in [0.25, 0.3) is 0 Å². The number of carbonyl (C=O) groups excluding carboxylic acids is 1. The van der Waals surface area contributed by atoms with Gasteiger partial charge in [-0.3, -0.25) is 0 Å². The van der Waals surface area contributed by atoms with Crippen molar-refractivity contribution in [2.45, 2.75) is 19.6 Å². The van der Waals surface area contributed by atoms with Gasteiger partial charge in [-0.2, -0.15) is 5.10 Å². The maximum absolute atomic E-state index is 12.5. The van der Waals surface area contributed by atoms with Crippen LogP contribution in [0.1, 0.15) is 16.7 Å². The van der Waals surface area contributed by atoms with Crippen LogP contribution < -0.4 is 10.2 Å². The summed E-state index contributed by atoms with van der Waals surface area (Å²) >= 11 is 0. The number of aromatic nitrogens is 3. The Balaban J connectivity index is 1.23. The molecule has 162 valence electrons. The minimum Gasteiger partial charge on any atom is -0.378 e. The molecular formula is C23H28N6O2. The van der Waals surface area contributed by atoms with Crippen LogP contribution in [0.15, 0.2) is 61.2 Å². The molecular weight excluding hydrogens is 392 g/mol. The van der Waals surface area contributed by atoms with Gasteiger partial charge in [-0.05, 0) is 28.8 Å². The van der Waals surface area contributed by atoms with Crippen LogP contribution in [0.4, 0.5) is 10.5 Å². The van der Waals surface area contributed by atoms with E-state index in [0.29, 0.717) is 19.6 Å². The van der Waals surface area contributed by atoms with E-state index in [2.05, 4.69) is 44.6 Å². The van der Waals surface area contributed by atoms with Gasteiger partial charge in [0, 0.05) is 38.9 Å². The lowest BCUT2D eigenvalue weighted by Crippen LogP contribution is -2.36. The zero-order chi connectivity index (χ0) is 21.5. The number of amides is 2. The van der Waals surface area contributed by atoms with Crippen molar-refractivity contribution >= 4 is 11.7 Å². The number of nitrogens with one attached hydrogen (secondary N) is 1. The van der Waals surface area contributed by atoms with E-state index in [9.17, 15) is 4.79 Å². The molecule has 8 nitrogen and oxygen atoms in total. The second kappa shape index (κ2) is 10.1. The number of morpholine rings is 1. The second-order valence-electron chi connectivity index (χ2n) is 7.69. The quantitative estimate of drug-likeness (QED) is 0.636. The first-order valence-electron chi connectivity index (χ1n) is 10.5. The Morgan fingerprint density at radius 2 is 1.71 bits per heavy atom. The van der Waals surface area contributed by atoms with E-state index in [-0.39, 0.29) is 6.03 Å². The van der Waals surface area contributed by atoms with Gasteiger partial charge < -0.3 is 19.9 Å². The standard InChI is InChI=1S/C23H28N6O2/c1-27(15-20-6-8-22(9-7-20)28-10-12-31-13-11-28)23(30)25-14-19-2-4-21(5-3-19)16-29-18-24-17-26-29/h2-9,17-18H,10-16H2,1H3,(H,25,30). The van der Waals surface area contributed by atoms with Gasteiger partial charge in [0.2, 0.25) is 0 Å². The molecule has 0 radical (unpaired) electrons. The van der Waals surface area contributed by atoms with Crippen molar-refractivity contribution in [3.8, 4) is 0 Å². The summed E-state index contributed by atoms with van der Waals surface area (Å²) in [6, 6.07) is 16.5. The molecule has 2 amide bonds. The monoisotopic (exact) mass is 420 g/mol. The molecule has 0 bridgehead atoms. The van der Waals surface area contributed by atoms with Crippen molar-refractivity contribution in [2.75, 3.05) is 38.3 Å². The molecule has 1 N–H and O–H groups in total. The lowest BCUT2D eigenvalue weighted by atomic mass is 10.1. The fraction of sp³-hybridized carbons (Fsp3) is 0.348. The van der Waals surface area contributed by atoms with Gasteiger partial charge in [-0.25, -0.2) is 14.5 Å². The molecule has 0 atom stereocenters. The van der Waals surface area contributed by atoms with Crippen LogP contribution in [0, 0.1) is 0 Å². The number of rotatable bonds is 7. The first kappa shape index (κ1) is 20.9. The van der Waals surface area contributed by atoms with Gasteiger partial charge in [-0.15, -0.1) is 0 Å². The predicted octanol–water partition coefficient (Wildman–Crippen LogP) is 2.50. The molecule has 1 aliphatic heterocycles. The first-order valence-corrected chi connectivity index (χ1v) is 10.5. The molecule has 1 saturated heterocycles. The molecule has 0 saturated carbocycles. The van der Waals surface area contributed by atoms with Crippen molar-refractivity contribution in [1.29, 1.82) is 0 Å². The zero-order valence-corrected chi connectivity index (χ0v) is 17.8. The minimum atomic E-state index is -0.0936. The maximum Gasteiger partial charge on any atom is 0.317 e. The Labute approximate surface area is 182 Å². The number of nitrogens with zero attached hydrogens (tertiary/aromatic N) is 5. The van der Waals surface area contributed by atoms with Gasteiger partial charge in [0.15, 0.2) is 0 Å². The summed E-state index contributed by atoms with van der Waals surface area (Å²) in [5.41, 5.74) is 4.50. The predicted molar refractivity (Wildman–Crippen MR) is 119 cm³/mol. The van der Waals surface area contributed by atoms with Crippen molar-refractivity contribution in [3.05, 3.63) is 77.9 Å². The Bertz CT molecular complexity index is 951. The third-order valence-corrected chi connectivity index (χ3v) is 5.36. The number of benzene rings is 2. The highest BCUT2D eigenvalue weighted by molar-refractivity contribution is 5.73. The number of hydrogen-bond acceptors (Lipinski definition) is 5. The fourth-order valence-corrected chi connectivity index (χ4v) is 3.56. The molecule has 0 unspecified atom stereocenters. The van der Waals surface area contributed by atoms with E-state index < -0.39 is 0 Å². The minimum absolute atomic E-state index is 0.0936. The van der Waals surface area contributed by atoms with Crippen LogP contribution in [-0.4, -0.2) is 59.0 Å². The van der Waals surface area contributed by atoms with Crippen molar-refractivity contribution in [3.63, 3.8) is 0 Å². The summed E-state index contributed by atoms with van der Waals surface area (Å²) in [6.45, 7) is 5.12. The molecule has 2 heterocycles. The highest BCUT2D eigenvalue weighted by Crippen LogP contribution is 2.17. The summed E-state index contributed by atoms with van der Waals surface area (Å²) in [5, 5.41) is 7.10. The van der Waals surface area contributed by atoms with Gasteiger partial charge in [0.1, 0.15) is 12.7 Å². The number of carbonyl (C=O) groups is 1. The molecule has 8 heteroatoms. The molecule has 3 aromatic rings. The number of urea groups is 1. The third kappa shape index (κ3) is 5.82. The highest BCUT2D eigenvalue weighted by Gasteiger charge is 2.12. The smallest absolute Gasteiger partial charge is 0.317 e. The first-order chi connectivity index (χ1) is 15.2. The van der Waals surface area contributed by atoms with E-state index in [1.807, 2.05) is 31.3 Å². The van der Waals surface area contributed by atoms with Crippen molar-refractivity contribution < 1.29 is 9.53 Å². The fourth-order valence-electron chi connectivity index (χ4n) is 3.56. The maximum atomic E-state index is 12.5. The molecule has 0 spiro atoms. The lowest BCUT2D eigenvalue weighted by Gasteiger charge is -2.29. The zero-order valence-electron chi connectivity index (χ0n) is 17.8. The molecule has 1 aliphatic rings. The van der Waals surface area contributed by atoms with Crippen molar-refractivity contribution in [2.24, 2.45) is 0 Å². The number of hydrogen-bond donors (Lipinski definition) is 1. The van der Waals surface area contributed by atoms with E-state index in [1.54, 1.807) is 15.9 Å². The van der Waals surface area contributed by atoms with Crippen molar-refractivity contribution in [1.82, 2.24) is 25.0 Å². The largest absolute Gasteiger partial charge is 0.378 e. The van der Waals surface area contributed by atoms with E-state index >= 15 is 0 Å². The average Bonchev–Trinajstić information content (AvgIpc) is 3.32. The second-order valence-corrected chi connectivity index (χ2v) is 7.69. The Morgan fingerprint density at radius 1 is 1.03 bits per heavy atom. The SMILES string of the molecule is CN(Cc1ccc(N2CCOCC2)cc1)C(=O)NCc1ccc(Cn2cncn2)cc1. The third-order valence-electron chi connectivity index (χ3n) is 5.36. The topological polar surface area (TPSA) is 75.5 Å². The van der Waals surface area contributed by atoms with E-state index in [1.165, 1.54) is 12.0 Å². The number of anilines is 1. The molecule has 2 aromatic carbocycles. The lowest BCUT2D eigenvalue weighted by molar-refractivity contribution is 0.122. The molecule has 1 fully saturated rings. The molecule has 31 heavy (non-hydrogen) atoms. The van der Waals surface area contributed by atoms with Gasteiger partial charge in [-0.1, -0.05) is 36.4 Å². The van der Waals surface area contributed by atoms with Crippen LogP contribution in [0.3, 0.4) is 0 Å². The summed E-state index contributed by atoms with van der Waals surface area (Å²) < 4.78 is 7.18. The van der Waals surface area contributed by atoms with Crippen LogP contribution in [0.2, 0.25) is 0 Å².